The van der Waals surface area contributed by atoms with Crippen molar-refractivity contribution in [3.63, 3.8) is 0 Å². The van der Waals surface area contributed by atoms with Gasteiger partial charge in [-0.25, -0.2) is 0 Å². The highest BCUT2D eigenvalue weighted by atomic mass is 15.3. The molecule has 1 aromatic rings. The van der Waals surface area contributed by atoms with Crippen LogP contribution in [0.4, 0.5) is 5.69 Å². The monoisotopic (exact) mass is 357 g/mol. The summed E-state index contributed by atoms with van der Waals surface area (Å²) in [5, 5.41) is 3.39. The molecule has 1 aliphatic heterocycles. The molecule has 0 atom stereocenters. The fraction of sp³-hybridized carbons (Fsp3) is 0.667. The second-order valence-electron chi connectivity index (χ2n) is 7.77. The minimum atomic E-state index is 0.544. The molecule has 5 heteroatoms. The molecule has 0 aromatic heterocycles. The largest absolute Gasteiger partial charge is 0.370 e. The first kappa shape index (κ1) is 19.0. The fourth-order valence-corrected chi connectivity index (χ4v) is 4.05. The van der Waals surface area contributed by atoms with Gasteiger partial charge in [-0.15, -0.1) is 0 Å². The molecule has 0 radical (unpaired) electrons. The summed E-state index contributed by atoms with van der Waals surface area (Å²) < 4.78 is 0. The number of aliphatic imine (C=N–C) groups is 1. The van der Waals surface area contributed by atoms with Crippen LogP contribution in [0, 0.1) is 6.92 Å². The molecule has 2 fully saturated rings. The molecule has 1 saturated carbocycles. The normalized spacial score (nSPS) is 20.3. The molecule has 0 spiro atoms. The Bertz CT molecular complexity index is 572. The van der Waals surface area contributed by atoms with Crippen molar-refractivity contribution in [1.29, 1.82) is 0 Å². The number of benzene rings is 1. The SMILES string of the molecule is Cc1cccc(N2CCN(CCCN=C(N)NC3CCCCC3)CC2)c1. The molecule has 3 rings (SSSR count). The third-order valence-electron chi connectivity index (χ3n) is 5.61. The van der Waals surface area contributed by atoms with Gasteiger partial charge in [-0.1, -0.05) is 31.4 Å². The number of nitrogens with zero attached hydrogens (tertiary/aromatic N) is 3. The van der Waals surface area contributed by atoms with Crippen LogP contribution >= 0.6 is 0 Å². The molecule has 26 heavy (non-hydrogen) atoms. The van der Waals surface area contributed by atoms with E-state index in [9.17, 15) is 0 Å². The Hall–Kier alpha value is -1.75. The van der Waals surface area contributed by atoms with E-state index >= 15 is 0 Å². The van der Waals surface area contributed by atoms with Crippen molar-refractivity contribution in [3.05, 3.63) is 29.8 Å². The molecule has 0 amide bonds. The summed E-state index contributed by atoms with van der Waals surface area (Å²) in [4.78, 5) is 9.56. The van der Waals surface area contributed by atoms with Crippen molar-refractivity contribution in [1.82, 2.24) is 10.2 Å². The van der Waals surface area contributed by atoms with E-state index in [1.54, 1.807) is 0 Å². The number of guanidine groups is 1. The van der Waals surface area contributed by atoms with Crippen molar-refractivity contribution in [2.75, 3.05) is 44.2 Å². The first-order chi connectivity index (χ1) is 12.7. The lowest BCUT2D eigenvalue weighted by Crippen LogP contribution is -2.46. The molecule has 0 unspecified atom stereocenters. The highest BCUT2D eigenvalue weighted by Crippen LogP contribution is 2.18. The Labute approximate surface area is 158 Å². The summed E-state index contributed by atoms with van der Waals surface area (Å²) in [6, 6.07) is 9.36. The third-order valence-corrected chi connectivity index (χ3v) is 5.61. The Balaban J connectivity index is 1.31. The molecular formula is C21H35N5. The zero-order valence-corrected chi connectivity index (χ0v) is 16.3. The highest BCUT2D eigenvalue weighted by Gasteiger charge is 2.17. The molecular weight excluding hydrogens is 322 g/mol. The van der Waals surface area contributed by atoms with Gasteiger partial charge in [-0.05, 0) is 43.9 Å². The van der Waals surface area contributed by atoms with Crippen LogP contribution in [0.15, 0.2) is 29.3 Å². The van der Waals surface area contributed by atoms with Crippen LogP contribution < -0.4 is 16.0 Å². The molecule has 1 heterocycles. The smallest absolute Gasteiger partial charge is 0.188 e. The topological polar surface area (TPSA) is 56.9 Å². The Morgan fingerprint density at radius 3 is 2.65 bits per heavy atom. The average molecular weight is 358 g/mol. The van der Waals surface area contributed by atoms with Gasteiger partial charge >= 0.3 is 0 Å². The molecule has 5 nitrogen and oxygen atoms in total. The Morgan fingerprint density at radius 1 is 1.15 bits per heavy atom. The first-order valence-electron chi connectivity index (χ1n) is 10.3. The van der Waals surface area contributed by atoms with E-state index in [2.05, 4.69) is 51.3 Å². The predicted octanol–water partition coefficient (Wildman–Crippen LogP) is 2.74. The summed E-state index contributed by atoms with van der Waals surface area (Å²) in [6.45, 7) is 8.58. The molecule has 3 N–H and O–H groups in total. The van der Waals surface area contributed by atoms with Crippen molar-refractivity contribution in [2.24, 2.45) is 10.7 Å². The van der Waals surface area contributed by atoms with Gasteiger partial charge in [0, 0.05) is 51.0 Å². The van der Waals surface area contributed by atoms with Gasteiger partial charge in [0.2, 0.25) is 0 Å². The maximum Gasteiger partial charge on any atom is 0.188 e. The van der Waals surface area contributed by atoms with E-state index in [0.29, 0.717) is 12.0 Å². The van der Waals surface area contributed by atoms with Gasteiger partial charge in [-0.3, -0.25) is 9.89 Å². The van der Waals surface area contributed by atoms with E-state index < -0.39 is 0 Å². The lowest BCUT2D eigenvalue weighted by atomic mass is 9.96. The zero-order chi connectivity index (χ0) is 18.2. The quantitative estimate of drug-likeness (QED) is 0.467. The van der Waals surface area contributed by atoms with Crippen LogP contribution in [0.25, 0.3) is 0 Å². The van der Waals surface area contributed by atoms with E-state index in [4.69, 9.17) is 5.73 Å². The second kappa shape index (κ2) is 9.81. The maximum absolute atomic E-state index is 6.04. The van der Waals surface area contributed by atoms with Crippen LogP contribution in [-0.4, -0.2) is 56.2 Å². The van der Waals surface area contributed by atoms with Gasteiger partial charge in [0.25, 0.3) is 0 Å². The van der Waals surface area contributed by atoms with Gasteiger partial charge < -0.3 is 16.0 Å². The number of hydrogen-bond acceptors (Lipinski definition) is 3. The average Bonchev–Trinajstić information content (AvgIpc) is 2.66. The van der Waals surface area contributed by atoms with Crippen molar-refractivity contribution in [2.45, 2.75) is 51.5 Å². The minimum Gasteiger partial charge on any atom is -0.370 e. The molecule has 1 aliphatic carbocycles. The number of aryl methyl sites for hydroxylation is 1. The highest BCUT2D eigenvalue weighted by molar-refractivity contribution is 5.78. The molecule has 144 valence electrons. The summed E-state index contributed by atoms with van der Waals surface area (Å²) in [7, 11) is 0. The Kier molecular flexibility index (Phi) is 7.18. The van der Waals surface area contributed by atoms with E-state index in [1.807, 2.05) is 0 Å². The number of nitrogens with one attached hydrogen (secondary N) is 1. The summed E-state index contributed by atoms with van der Waals surface area (Å²) in [5.41, 5.74) is 8.73. The van der Waals surface area contributed by atoms with Crippen molar-refractivity contribution >= 4 is 11.6 Å². The molecule has 2 aliphatic rings. The van der Waals surface area contributed by atoms with Crippen molar-refractivity contribution < 1.29 is 0 Å². The van der Waals surface area contributed by atoms with Crippen LogP contribution in [0.3, 0.4) is 0 Å². The second-order valence-corrected chi connectivity index (χ2v) is 7.77. The third kappa shape index (κ3) is 5.90. The van der Waals surface area contributed by atoms with Gasteiger partial charge in [-0.2, -0.15) is 0 Å². The summed E-state index contributed by atoms with van der Waals surface area (Å²) in [5.74, 6) is 0.640. The van der Waals surface area contributed by atoms with Crippen LogP contribution in [0.5, 0.6) is 0 Å². The molecule has 1 aromatic carbocycles. The van der Waals surface area contributed by atoms with E-state index in [0.717, 1.165) is 45.7 Å². The lowest BCUT2D eigenvalue weighted by molar-refractivity contribution is 0.256. The van der Waals surface area contributed by atoms with Crippen LogP contribution in [0.2, 0.25) is 0 Å². The number of nitrogens with two attached hydrogens (primary N) is 1. The van der Waals surface area contributed by atoms with Gasteiger partial charge in [0.05, 0.1) is 0 Å². The number of rotatable bonds is 6. The van der Waals surface area contributed by atoms with Crippen LogP contribution in [-0.2, 0) is 0 Å². The van der Waals surface area contributed by atoms with Gasteiger partial charge in [0.15, 0.2) is 5.96 Å². The lowest BCUT2D eigenvalue weighted by Gasteiger charge is -2.36. The molecule has 0 bridgehead atoms. The fourth-order valence-electron chi connectivity index (χ4n) is 4.05. The maximum atomic E-state index is 6.04. The summed E-state index contributed by atoms with van der Waals surface area (Å²) >= 11 is 0. The minimum absolute atomic E-state index is 0.544. The molecule has 1 saturated heterocycles. The Morgan fingerprint density at radius 2 is 1.92 bits per heavy atom. The zero-order valence-electron chi connectivity index (χ0n) is 16.3. The predicted molar refractivity (Wildman–Crippen MR) is 111 cm³/mol. The first-order valence-corrected chi connectivity index (χ1v) is 10.3. The van der Waals surface area contributed by atoms with E-state index in [1.165, 1.54) is 43.4 Å². The summed E-state index contributed by atoms with van der Waals surface area (Å²) in [6.07, 6.45) is 7.56. The van der Waals surface area contributed by atoms with E-state index in [-0.39, 0.29) is 0 Å². The number of piperazine rings is 1. The number of anilines is 1. The standard InChI is InChI=1S/C21H35N5/c1-18-7-5-10-20(17-18)26-15-13-25(14-16-26)12-6-11-23-21(22)24-19-8-3-2-4-9-19/h5,7,10,17,19H,2-4,6,8-9,11-16H2,1H3,(H3,22,23,24). The van der Waals surface area contributed by atoms with Crippen molar-refractivity contribution in [3.8, 4) is 0 Å². The van der Waals surface area contributed by atoms with Gasteiger partial charge in [0.1, 0.15) is 0 Å². The van der Waals surface area contributed by atoms with Crippen LogP contribution in [0.1, 0.15) is 44.1 Å². The number of hydrogen-bond donors (Lipinski definition) is 2.